The van der Waals surface area contributed by atoms with Gasteiger partial charge in [0.2, 0.25) is 0 Å². The van der Waals surface area contributed by atoms with Crippen LogP contribution in [-0.4, -0.2) is 0 Å². The molecule has 70 valence electrons. The molecule has 2 heteroatoms. The summed E-state index contributed by atoms with van der Waals surface area (Å²) >= 11 is 0. The molecule has 2 rings (SSSR count). The molecule has 0 saturated heterocycles. The fourth-order valence-electron chi connectivity index (χ4n) is 1.91. The van der Waals surface area contributed by atoms with Gasteiger partial charge in [0.15, 0.2) is 0 Å². The van der Waals surface area contributed by atoms with E-state index in [2.05, 4.69) is 36.8 Å². The van der Waals surface area contributed by atoms with Gasteiger partial charge in [0.1, 0.15) is 0 Å². The number of hydrazine groups is 1. The third-order valence-corrected chi connectivity index (χ3v) is 2.62. The average Bonchev–Trinajstić information content (AvgIpc) is 2.59. The van der Waals surface area contributed by atoms with E-state index in [4.69, 9.17) is 0 Å². The van der Waals surface area contributed by atoms with Crippen LogP contribution in [0.2, 0.25) is 0 Å². The lowest BCUT2D eigenvalue weighted by atomic mass is 9.99. The lowest BCUT2D eigenvalue weighted by molar-refractivity contribution is 0.837. The highest BCUT2D eigenvalue weighted by Crippen LogP contribution is 2.27. The number of anilines is 1. The van der Waals surface area contributed by atoms with Crippen LogP contribution in [0.1, 0.15) is 30.0 Å². The lowest BCUT2D eigenvalue weighted by Crippen LogP contribution is -2.11. The first-order valence-corrected chi connectivity index (χ1v) is 4.93. The second-order valence-electron chi connectivity index (χ2n) is 3.62. The van der Waals surface area contributed by atoms with Crippen molar-refractivity contribution in [3.8, 4) is 0 Å². The summed E-state index contributed by atoms with van der Waals surface area (Å²) in [6.07, 6.45) is 2.40. The molecule has 1 aliphatic heterocycles. The Bertz CT molecular complexity index is 318. The van der Waals surface area contributed by atoms with Crippen molar-refractivity contribution in [2.45, 2.75) is 33.2 Å². The molecule has 0 bridgehead atoms. The van der Waals surface area contributed by atoms with Gasteiger partial charge < -0.3 is 5.43 Å². The number of benzene rings is 1. The zero-order valence-electron chi connectivity index (χ0n) is 8.28. The van der Waals surface area contributed by atoms with Crippen LogP contribution in [0.25, 0.3) is 0 Å². The van der Waals surface area contributed by atoms with E-state index in [-0.39, 0.29) is 0 Å². The van der Waals surface area contributed by atoms with Gasteiger partial charge in [-0.15, -0.1) is 0 Å². The monoisotopic (exact) mass is 176 g/mol. The molecule has 0 radical (unpaired) electrons. The van der Waals surface area contributed by atoms with Gasteiger partial charge in [0, 0.05) is 6.54 Å². The highest BCUT2D eigenvalue weighted by Gasteiger charge is 2.14. The molecular weight excluding hydrogens is 160 g/mol. The first kappa shape index (κ1) is 8.57. The number of hydrogen-bond donors (Lipinski definition) is 2. The van der Waals surface area contributed by atoms with E-state index in [1.165, 1.54) is 35.2 Å². The van der Waals surface area contributed by atoms with E-state index >= 15 is 0 Å². The lowest BCUT2D eigenvalue weighted by Gasteiger charge is -2.08. The molecule has 2 nitrogen and oxygen atoms in total. The number of aryl methyl sites for hydroxylation is 2. The number of hydrogen-bond acceptors (Lipinski definition) is 2. The predicted molar refractivity (Wildman–Crippen MR) is 55.6 cm³/mol. The molecular formula is C11H16N2. The summed E-state index contributed by atoms with van der Waals surface area (Å²) in [6.45, 7) is 5.34. The number of rotatable bonds is 2. The van der Waals surface area contributed by atoms with Crippen LogP contribution >= 0.6 is 0 Å². The van der Waals surface area contributed by atoms with Crippen molar-refractivity contribution in [3.05, 3.63) is 28.8 Å². The minimum atomic E-state index is 0.965. The van der Waals surface area contributed by atoms with Crippen molar-refractivity contribution in [3.63, 3.8) is 0 Å². The van der Waals surface area contributed by atoms with Gasteiger partial charge in [-0.1, -0.05) is 25.5 Å². The highest BCUT2D eigenvalue weighted by atomic mass is 15.4. The summed E-state index contributed by atoms with van der Waals surface area (Å²) < 4.78 is 0. The van der Waals surface area contributed by atoms with Gasteiger partial charge in [0.25, 0.3) is 0 Å². The second kappa shape index (κ2) is 3.38. The normalized spacial score (nSPS) is 14.0. The summed E-state index contributed by atoms with van der Waals surface area (Å²) in [4.78, 5) is 0. The second-order valence-corrected chi connectivity index (χ2v) is 3.62. The Morgan fingerprint density at radius 2 is 2.23 bits per heavy atom. The maximum absolute atomic E-state index is 3.22. The van der Waals surface area contributed by atoms with Gasteiger partial charge in [0.05, 0.1) is 5.69 Å². The van der Waals surface area contributed by atoms with E-state index in [0.29, 0.717) is 0 Å². The molecule has 0 spiro atoms. The molecule has 0 amide bonds. The molecule has 1 aromatic rings. The Hall–Kier alpha value is -1.02. The molecule has 2 N–H and O–H groups in total. The van der Waals surface area contributed by atoms with E-state index in [9.17, 15) is 0 Å². The van der Waals surface area contributed by atoms with Crippen molar-refractivity contribution in [1.82, 2.24) is 5.43 Å². The molecule has 0 aliphatic carbocycles. The zero-order chi connectivity index (χ0) is 9.26. The topological polar surface area (TPSA) is 24.1 Å². The van der Waals surface area contributed by atoms with Gasteiger partial charge in [-0.3, -0.25) is 0 Å². The van der Waals surface area contributed by atoms with Crippen molar-refractivity contribution in [2.75, 3.05) is 5.43 Å². The first-order valence-electron chi connectivity index (χ1n) is 4.93. The molecule has 0 unspecified atom stereocenters. The van der Waals surface area contributed by atoms with Crippen LogP contribution in [-0.2, 0) is 13.0 Å². The number of nitrogens with one attached hydrogen (secondary N) is 2. The molecule has 1 aliphatic rings. The molecule has 13 heavy (non-hydrogen) atoms. The van der Waals surface area contributed by atoms with E-state index in [1.54, 1.807) is 0 Å². The molecule has 0 atom stereocenters. The van der Waals surface area contributed by atoms with Crippen LogP contribution in [0, 0.1) is 6.92 Å². The Balaban J connectivity index is 2.43. The molecule has 1 aromatic carbocycles. The third kappa shape index (κ3) is 1.42. The Morgan fingerprint density at radius 1 is 1.38 bits per heavy atom. The Morgan fingerprint density at radius 3 is 3.00 bits per heavy atom. The molecule has 1 heterocycles. The average molecular weight is 176 g/mol. The summed E-state index contributed by atoms with van der Waals surface area (Å²) in [5.74, 6) is 0. The largest absolute Gasteiger partial charge is 0.321 e. The standard InChI is InChI=1S/C11H16N2/c1-3-4-9-6-5-8(2)11-10(9)7-12-13-11/h5-6,12-13H,3-4,7H2,1-2H3. The number of fused-ring (bicyclic) bond motifs is 1. The third-order valence-electron chi connectivity index (χ3n) is 2.62. The Kier molecular flexibility index (Phi) is 2.23. The minimum absolute atomic E-state index is 0.965. The van der Waals surface area contributed by atoms with Gasteiger partial charge in [-0.2, -0.15) is 0 Å². The van der Waals surface area contributed by atoms with Gasteiger partial charge in [-0.25, -0.2) is 5.43 Å². The van der Waals surface area contributed by atoms with Gasteiger partial charge >= 0.3 is 0 Å². The van der Waals surface area contributed by atoms with Crippen molar-refractivity contribution in [2.24, 2.45) is 0 Å². The van der Waals surface area contributed by atoms with Crippen molar-refractivity contribution in [1.29, 1.82) is 0 Å². The predicted octanol–water partition coefficient (Wildman–Crippen LogP) is 2.38. The minimum Gasteiger partial charge on any atom is -0.321 e. The quantitative estimate of drug-likeness (QED) is 0.723. The zero-order valence-corrected chi connectivity index (χ0v) is 8.28. The van der Waals surface area contributed by atoms with Crippen LogP contribution in [0.5, 0.6) is 0 Å². The fourth-order valence-corrected chi connectivity index (χ4v) is 1.91. The highest BCUT2D eigenvalue weighted by molar-refractivity contribution is 5.62. The summed E-state index contributed by atoms with van der Waals surface area (Å²) in [5.41, 5.74) is 12.0. The summed E-state index contributed by atoms with van der Waals surface area (Å²) in [7, 11) is 0. The smallest absolute Gasteiger partial charge is 0.0565 e. The molecule has 0 saturated carbocycles. The van der Waals surface area contributed by atoms with E-state index < -0.39 is 0 Å². The maximum atomic E-state index is 3.22. The fraction of sp³-hybridized carbons (Fsp3) is 0.455. The summed E-state index contributed by atoms with van der Waals surface area (Å²) in [5, 5.41) is 0. The van der Waals surface area contributed by atoms with Crippen LogP contribution in [0.3, 0.4) is 0 Å². The SMILES string of the molecule is CCCc1ccc(C)c2c1CNN2. The Labute approximate surface area is 79.3 Å². The summed E-state index contributed by atoms with van der Waals surface area (Å²) in [6, 6.07) is 4.45. The van der Waals surface area contributed by atoms with E-state index in [0.717, 1.165) is 6.54 Å². The van der Waals surface area contributed by atoms with Gasteiger partial charge in [-0.05, 0) is 30.0 Å². The molecule has 0 aromatic heterocycles. The van der Waals surface area contributed by atoms with Crippen molar-refractivity contribution >= 4 is 5.69 Å². The molecule has 0 fully saturated rings. The van der Waals surface area contributed by atoms with Crippen LogP contribution in [0.15, 0.2) is 12.1 Å². The van der Waals surface area contributed by atoms with Crippen molar-refractivity contribution < 1.29 is 0 Å². The van der Waals surface area contributed by atoms with Crippen LogP contribution in [0.4, 0.5) is 5.69 Å². The van der Waals surface area contributed by atoms with E-state index in [1.807, 2.05) is 0 Å². The van der Waals surface area contributed by atoms with Crippen LogP contribution < -0.4 is 10.9 Å². The maximum Gasteiger partial charge on any atom is 0.0565 e. The first-order chi connectivity index (χ1) is 6.33.